The van der Waals surface area contributed by atoms with Crippen LogP contribution in [0.3, 0.4) is 0 Å². The van der Waals surface area contributed by atoms with Gasteiger partial charge in [0, 0.05) is 51.5 Å². The Kier molecular flexibility index (Phi) is 5.29. The van der Waals surface area contributed by atoms with Crippen molar-refractivity contribution in [1.29, 1.82) is 0 Å². The minimum atomic E-state index is 0.519. The lowest BCUT2D eigenvalue weighted by molar-refractivity contribution is 0.122. The lowest BCUT2D eigenvalue weighted by atomic mass is 10.1. The van der Waals surface area contributed by atoms with Crippen LogP contribution in [0.4, 0.5) is 23.3 Å². The standard InChI is InChI=1S/C20H28N6O/c1-24(14-16-7-8-26(15-16)17-5-3-2-4-6-17)19-13-18(21)22-20(23-19)25-9-11-27-12-10-25/h2-6,13,16H,7-12,14-15H2,1H3,(H2,21,22,23). The fraction of sp³-hybridized carbons (Fsp3) is 0.500. The van der Waals surface area contributed by atoms with Crippen molar-refractivity contribution < 1.29 is 4.74 Å². The molecule has 2 aliphatic heterocycles. The summed E-state index contributed by atoms with van der Waals surface area (Å²) in [7, 11) is 2.09. The quantitative estimate of drug-likeness (QED) is 0.864. The fourth-order valence-corrected chi connectivity index (χ4v) is 3.88. The molecule has 2 aliphatic rings. The zero-order chi connectivity index (χ0) is 18.6. The largest absolute Gasteiger partial charge is 0.383 e. The molecule has 2 fully saturated rings. The van der Waals surface area contributed by atoms with Gasteiger partial charge in [-0.05, 0) is 24.5 Å². The molecule has 2 aromatic rings. The van der Waals surface area contributed by atoms with E-state index in [0.717, 1.165) is 38.5 Å². The second-order valence-electron chi connectivity index (χ2n) is 7.37. The van der Waals surface area contributed by atoms with Crippen LogP contribution in [0.25, 0.3) is 0 Å². The van der Waals surface area contributed by atoms with E-state index in [1.807, 2.05) is 6.07 Å². The molecule has 0 radical (unpaired) electrons. The van der Waals surface area contributed by atoms with Gasteiger partial charge in [0.2, 0.25) is 5.95 Å². The summed E-state index contributed by atoms with van der Waals surface area (Å²) in [4.78, 5) is 16.0. The van der Waals surface area contributed by atoms with E-state index in [2.05, 4.69) is 57.1 Å². The third kappa shape index (κ3) is 4.24. The molecule has 7 heteroatoms. The molecule has 0 saturated carbocycles. The van der Waals surface area contributed by atoms with Crippen molar-refractivity contribution in [3.05, 3.63) is 36.4 Å². The van der Waals surface area contributed by atoms with Gasteiger partial charge in [0.1, 0.15) is 11.6 Å². The maximum absolute atomic E-state index is 6.07. The third-order valence-electron chi connectivity index (χ3n) is 5.34. The van der Waals surface area contributed by atoms with Crippen molar-refractivity contribution in [3.63, 3.8) is 0 Å². The molecule has 1 atom stereocenters. The van der Waals surface area contributed by atoms with E-state index >= 15 is 0 Å². The van der Waals surface area contributed by atoms with Gasteiger partial charge in [-0.1, -0.05) is 18.2 Å². The molecule has 2 N–H and O–H groups in total. The predicted octanol–water partition coefficient (Wildman–Crippen LogP) is 1.86. The van der Waals surface area contributed by atoms with Gasteiger partial charge in [-0.2, -0.15) is 9.97 Å². The first-order valence-corrected chi connectivity index (χ1v) is 9.67. The van der Waals surface area contributed by atoms with Gasteiger partial charge in [-0.3, -0.25) is 0 Å². The lowest BCUT2D eigenvalue weighted by Crippen LogP contribution is -2.38. The summed E-state index contributed by atoms with van der Waals surface area (Å²) < 4.78 is 5.42. The molecule has 0 spiro atoms. The maximum atomic E-state index is 6.07. The monoisotopic (exact) mass is 368 g/mol. The second kappa shape index (κ2) is 8.00. The van der Waals surface area contributed by atoms with E-state index in [4.69, 9.17) is 15.5 Å². The van der Waals surface area contributed by atoms with Gasteiger partial charge in [0.25, 0.3) is 0 Å². The molecule has 0 amide bonds. The van der Waals surface area contributed by atoms with Crippen LogP contribution in [0, 0.1) is 5.92 Å². The van der Waals surface area contributed by atoms with E-state index in [-0.39, 0.29) is 0 Å². The van der Waals surface area contributed by atoms with Crippen LogP contribution in [-0.2, 0) is 4.74 Å². The highest BCUT2D eigenvalue weighted by molar-refractivity contribution is 5.52. The highest BCUT2D eigenvalue weighted by atomic mass is 16.5. The number of nitrogen functional groups attached to an aromatic ring is 1. The average molecular weight is 368 g/mol. The number of nitrogens with two attached hydrogens (primary N) is 1. The van der Waals surface area contributed by atoms with Crippen molar-refractivity contribution in [2.24, 2.45) is 5.92 Å². The smallest absolute Gasteiger partial charge is 0.229 e. The lowest BCUT2D eigenvalue weighted by Gasteiger charge is -2.28. The Morgan fingerprint density at radius 3 is 2.67 bits per heavy atom. The number of aromatic nitrogens is 2. The number of hydrogen-bond acceptors (Lipinski definition) is 7. The van der Waals surface area contributed by atoms with Crippen LogP contribution >= 0.6 is 0 Å². The Labute approximate surface area is 160 Å². The number of benzene rings is 1. The predicted molar refractivity (Wildman–Crippen MR) is 110 cm³/mol. The number of nitrogens with zero attached hydrogens (tertiary/aromatic N) is 5. The van der Waals surface area contributed by atoms with E-state index in [1.165, 1.54) is 12.1 Å². The Morgan fingerprint density at radius 1 is 1.11 bits per heavy atom. The molecule has 3 heterocycles. The van der Waals surface area contributed by atoms with Crippen molar-refractivity contribution in [3.8, 4) is 0 Å². The zero-order valence-electron chi connectivity index (χ0n) is 15.9. The summed E-state index contributed by atoms with van der Waals surface area (Å²) >= 11 is 0. The molecule has 1 unspecified atom stereocenters. The van der Waals surface area contributed by atoms with Gasteiger partial charge in [0.15, 0.2) is 0 Å². The van der Waals surface area contributed by atoms with Gasteiger partial charge in [-0.15, -0.1) is 0 Å². The van der Waals surface area contributed by atoms with Gasteiger partial charge >= 0.3 is 0 Å². The summed E-state index contributed by atoms with van der Waals surface area (Å²) in [5.41, 5.74) is 7.38. The third-order valence-corrected chi connectivity index (χ3v) is 5.34. The van der Waals surface area contributed by atoms with Crippen LogP contribution in [0.5, 0.6) is 0 Å². The molecule has 0 aliphatic carbocycles. The first-order valence-electron chi connectivity index (χ1n) is 9.67. The molecule has 1 aromatic heterocycles. The molecule has 144 valence electrons. The van der Waals surface area contributed by atoms with Crippen LogP contribution in [0.2, 0.25) is 0 Å². The highest BCUT2D eigenvalue weighted by Gasteiger charge is 2.25. The maximum Gasteiger partial charge on any atom is 0.229 e. The first-order chi connectivity index (χ1) is 13.2. The molecule has 4 rings (SSSR count). The number of hydrogen-bond donors (Lipinski definition) is 1. The Hall–Kier alpha value is -2.54. The van der Waals surface area contributed by atoms with Crippen LogP contribution in [0.1, 0.15) is 6.42 Å². The summed E-state index contributed by atoms with van der Waals surface area (Å²) in [5, 5.41) is 0. The minimum absolute atomic E-state index is 0.519. The highest BCUT2D eigenvalue weighted by Crippen LogP contribution is 2.26. The Morgan fingerprint density at radius 2 is 1.89 bits per heavy atom. The van der Waals surface area contributed by atoms with Crippen LogP contribution in [-0.4, -0.2) is 63.0 Å². The molecule has 27 heavy (non-hydrogen) atoms. The van der Waals surface area contributed by atoms with Crippen molar-refractivity contribution in [2.45, 2.75) is 6.42 Å². The van der Waals surface area contributed by atoms with Crippen LogP contribution in [0.15, 0.2) is 36.4 Å². The number of ether oxygens (including phenoxy) is 1. The normalized spacial score (nSPS) is 20.1. The van der Waals surface area contributed by atoms with E-state index in [1.54, 1.807) is 0 Å². The number of anilines is 4. The number of para-hydroxylation sites is 1. The molecular weight excluding hydrogens is 340 g/mol. The summed E-state index contributed by atoms with van der Waals surface area (Å²) in [5.74, 6) is 2.73. The molecule has 7 nitrogen and oxygen atoms in total. The first kappa shape index (κ1) is 17.9. The Balaban J connectivity index is 1.41. The van der Waals surface area contributed by atoms with Gasteiger partial charge in [-0.25, -0.2) is 0 Å². The molecular formula is C20H28N6O. The fourth-order valence-electron chi connectivity index (χ4n) is 3.88. The number of morpholine rings is 1. The number of rotatable bonds is 5. The summed E-state index contributed by atoms with van der Waals surface area (Å²) in [6.07, 6.45) is 1.19. The SMILES string of the molecule is CN(CC1CCN(c2ccccc2)C1)c1cc(N)nc(N2CCOCC2)n1. The second-order valence-corrected chi connectivity index (χ2v) is 7.37. The summed E-state index contributed by atoms with van der Waals surface area (Å²) in [6.45, 7) is 6.17. The van der Waals surface area contributed by atoms with E-state index in [0.29, 0.717) is 30.9 Å². The summed E-state index contributed by atoms with van der Waals surface area (Å²) in [6, 6.07) is 12.5. The van der Waals surface area contributed by atoms with Crippen molar-refractivity contribution in [1.82, 2.24) is 9.97 Å². The van der Waals surface area contributed by atoms with Crippen molar-refractivity contribution >= 4 is 23.3 Å². The van der Waals surface area contributed by atoms with Crippen molar-refractivity contribution in [2.75, 3.05) is 73.4 Å². The molecule has 2 saturated heterocycles. The van der Waals surface area contributed by atoms with Crippen LogP contribution < -0.4 is 20.4 Å². The average Bonchev–Trinajstić information content (AvgIpc) is 3.17. The topological polar surface area (TPSA) is 70.8 Å². The molecule has 1 aromatic carbocycles. The van der Waals surface area contributed by atoms with E-state index < -0.39 is 0 Å². The zero-order valence-corrected chi connectivity index (χ0v) is 15.9. The molecule has 0 bridgehead atoms. The van der Waals surface area contributed by atoms with Gasteiger partial charge in [0.05, 0.1) is 13.2 Å². The minimum Gasteiger partial charge on any atom is -0.383 e. The van der Waals surface area contributed by atoms with Gasteiger partial charge < -0.3 is 25.2 Å². The van der Waals surface area contributed by atoms with E-state index in [9.17, 15) is 0 Å². The Bertz CT molecular complexity index is 749.